The summed E-state index contributed by atoms with van der Waals surface area (Å²) in [5, 5.41) is 3.26. The Morgan fingerprint density at radius 1 is 1.25 bits per heavy atom. The molecule has 0 heterocycles. The quantitative estimate of drug-likeness (QED) is 0.609. The van der Waals surface area contributed by atoms with Gasteiger partial charge in [0.25, 0.3) is 0 Å². The molecular weight excluding hydrogens is 274 g/mol. The summed E-state index contributed by atoms with van der Waals surface area (Å²) in [6, 6.07) is 5.08. The van der Waals surface area contributed by atoms with Gasteiger partial charge in [-0.25, -0.2) is 4.39 Å². The van der Waals surface area contributed by atoms with Crippen molar-refractivity contribution >= 4 is 0 Å². The molecule has 0 amide bonds. The van der Waals surface area contributed by atoms with Crippen LogP contribution in [0.3, 0.4) is 0 Å². The van der Waals surface area contributed by atoms with E-state index in [-0.39, 0.29) is 18.8 Å². The van der Waals surface area contributed by atoms with E-state index >= 15 is 0 Å². The van der Waals surface area contributed by atoms with Crippen LogP contribution in [0.2, 0.25) is 0 Å². The minimum Gasteiger partial charge on any atom is -0.491 e. The van der Waals surface area contributed by atoms with E-state index in [0.717, 1.165) is 18.4 Å². The fourth-order valence-corrected chi connectivity index (χ4v) is 1.78. The molecule has 0 saturated heterocycles. The smallest absolute Gasteiger partial charge is 0.389 e. The van der Waals surface area contributed by atoms with Crippen LogP contribution in [0.1, 0.15) is 31.2 Å². The third-order valence-corrected chi connectivity index (χ3v) is 3.03. The monoisotopic (exact) mass is 291 g/mol. The molecule has 1 saturated carbocycles. The van der Waals surface area contributed by atoms with Crippen molar-refractivity contribution in [3.8, 4) is 5.75 Å². The predicted molar refractivity (Wildman–Crippen MR) is 67.0 cm³/mol. The third-order valence-electron chi connectivity index (χ3n) is 3.03. The van der Waals surface area contributed by atoms with Crippen LogP contribution in [0.15, 0.2) is 18.2 Å². The van der Waals surface area contributed by atoms with Gasteiger partial charge >= 0.3 is 6.18 Å². The maximum atomic E-state index is 13.7. The van der Waals surface area contributed by atoms with E-state index in [4.69, 9.17) is 4.74 Å². The summed E-state index contributed by atoms with van der Waals surface area (Å²) >= 11 is 0. The molecule has 0 radical (unpaired) electrons. The van der Waals surface area contributed by atoms with Crippen molar-refractivity contribution in [3.63, 3.8) is 0 Å². The number of rotatable bonds is 7. The van der Waals surface area contributed by atoms with Gasteiger partial charge in [-0.05, 0) is 37.0 Å². The first kappa shape index (κ1) is 15.1. The van der Waals surface area contributed by atoms with Gasteiger partial charge in [-0.3, -0.25) is 0 Å². The number of hydrogen-bond donors (Lipinski definition) is 1. The molecule has 6 heteroatoms. The van der Waals surface area contributed by atoms with Crippen molar-refractivity contribution in [1.29, 1.82) is 0 Å². The molecule has 0 spiro atoms. The van der Waals surface area contributed by atoms with E-state index in [1.807, 2.05) is 0 Å². The van der Waals surface area contributed by atoms with Crippen molar-refractivity contribution in [2.75, 3.05) is 6.61 Å². The molecule has 1 aromatic carbocycles. The lowest BCUT2D eigenvalue weighted by molar-refractivity contribution is -0.136. The lowest BCUT2D eigenvalue weighted by Crippen LogP contribution is -2.15. The summed E-state index contributed by atoms with van der Waals surface area (Å²) in [5.41, 5.74) is 0.803. The Morgan fingerprint density at radius 3 is 2.60 bits per heavy atom. The Hall–Kier alpha value is -1.30. The summed E-state index contributed by atoms with van der Waals surface area (Å²) in [4.78, 5) is 0. The lowest BCUT2D eigenvalue weighted by atomic mass is 10.2. The second kappa shape index (κ2) is 6.43. The molecule has 112 valence electrons. The Bertz CT molecular complexity index is 443. The summed E-state index contributed by atoms with van der Waals surface area (Å²) in [6.07, 6.45) is -2.97. The number of hydrogen-bond acceptors (Lipinski definition) is 2. The van der Waals surface area contributed by atoms with Gasteiger partial charge in [0.15, 0.2) is 11.6 Å². The maximum Gasteiger partial charge on any atom is 0.389 e. The zero-order valence-corrected chi connectivity index (χ0v) is 11.0. The van der Waals surface area contributed by atoms with Crippen LogP contribution in [-0.2, 0) is 6.54 Å². The van der Waals surface area contributed by atoms with E-state index in [0.29, 0.717) is 12.6 Å². The Labute approximate surface area is 115 Å². The van der Waals surface area contributed by atoms with Crippen LogP contribution >= 0.6 is 0 Å². The molecular formula is C14H17F4NO. The fraction of sp³-hybridized carbons (Fsp3) is 0.571. The topological polar surface area (TPSA) is 21.3 Å². The van der Waals surface area contributed by atoms with Gasteiger partial charge in [0.1, 0.15) is 0 Å². The molecule has 2 nitrogen and oxygen atoms in total. The highest BCUT2D eigenvalue weighted by Gasteiger charge is 2.26. The average molecular weight is 291 g/mol. The van der Waals surface area contributed by atoms with Crippen molar-refractivity contribution < 1.29 is 22.3 Å². The van der Waals surface area contributed by atoms with Gasteiger partial charge in [-0.1, -0.05) is 6.07 Å². The van der Waals surface area contributed by atoms with Gasteiger partial charge in [0, 0.05) is 19.0 Å². The van der Waals surface area contributed by atoms with E-state index < -0.39 is 18.4 Å². The number of benzene rings is 1. The number of halogens is 4. The number of ether oxygens (including phenoxy) is 1. The van der Waals surface area contributed by atoms with Crippen molar-refractivity contribution in [2.45, 2.75) is 44.4 Å². The van der Waals surface area contributed by atoms with Gasteiger partial charge in [0.05, 0.1) is 6.61 Å². The summed E-state index contributed by atoms with van der Waals surface area (Å²) in [7, 11) is 0. The highest BCUT2D eigenvalue weighted by molar-refractivity contribution is 5.29. The summed E-state index contributed by atoms with van der Waals surface area (Å²) in [6.45, 7) is 0.450. The molecule has 0 unspecified atom stereocenters. The van der Waals surface area contributed by atoms with Crippen LogP contribution in [-0.4, -0.2) is 18.8 Å². The number of nitrogens with one attached hydrogen (secondary N) is 1. The Kier molecular flexibility index (Phi) is 4.86. The van der Waals surface area contributed by atoms with Crippen molar-refractivity contribution in [1.82, 2.24) is 5.32 Å². The van der Waals surface area contributed by atoms with Crippen LogP contribution in [0.4, 0.5) is 17.6 Å². The van der Waals surface area contributed by atoms with Crippen molar-refractivity contribution in [2.24, 2.45) is 0 Å². The normalized spacial score (nSPS) is 15.4. The molecule has 0 aliphatic heterocycles. The van der Waals surface area contributed by atoms with Gasteiger partial charge in [-0.2, -0.15) is 13.2 Å². The molecule has 2 rings (SSSR count). The first-order valence-corrected chi connectivity index (χ1v) is 6.65. The van der Waals surface area contributed by atoms with Crippen LogP contribution < -0.4 is 10.1 Å². The second-order valence-electron chi connectivity index (χ2n) is 4.99. The molecule has 1 aliphatic rings. The minimum absolute atomic E-state index is 0.00217. The molecule has 20 heavy (non-hydrogen) atoms. The molecule has 1 fully saturated rings. The molecule has 1 N–H and O–H groups in total. The zero-order chi connectivity index (χ0) is 14.6. The van der Waals surface area contributed by atoms with E-state index in [1.54, 1.807) is 6.07 Å². The van der Waals surface area contributed by atoms with Gasteiger partial charge in [0.2, 0.25) is 0 Å². The Morgan fingerprint density at radius 2 is 2.00 bits per heavy atom. The van der Waals surface area contributed by atoms with Crippen molar-refractivity contribution in [3.05, 3.63) is 29.6 Å². The minimum atomic E-state index is -4.19. The van der Waals surface area contributed by atoms with E-state index in [1.165, 1.54) is 12.1 Å². The average Bonchev–Trinajstić information content (AvgIpc) is 3.17. The van der Waals surface area contributed by atoms with Crippen LogP contribution in [0.25, 0.3) is 0 Å². The molecule has 1 aliphatic carbocycles. The molecule has 0 aromatic heterocycles. The van der Waals surface area contributed by atoms with Crippen LogP contribution in [0, 0.1) is 5.82 Å². The maximum absolute atomic E-state index is 13.7. The van der Waals surface area contributed by atoms with Crippen LogP contribution in [0.5, 0.6) is 5.75 Å². The second-order valence-corrected chi connectivity index (χ2v) is 4.99. The Balaban J connectivity index is 1.76. The fourth-order valence-electron chi connectivity index (χ4n) is 1.78. The molecule has 0 bridgehead atoms. The third kappa shape index (κ3) is 5.36. The summed E-state index contributed by atoms with van der Waals surface area (Å²) in [5.74, 6) is -0.533. The van der Waals surface area contributed by atoms with E-state index in [2.05, 4.69) is 5.32 Å². The molecule has 1 aromatic rings. The standard InChI is InChI=1S/C14H17F4NO/c15-12-8-10(9-19-11-3-4-11)2-5-13(12)20-7-1-6-14(16,17)18/h2,5,8,11,19H,1,3-4,6-7,9H2. The summed E-state index contributed by atoms with van der Waals surface area (Å²) < 4.78 is 54.5. The predicted octanol–water partition coefficient (Wildman–Crippen LogP) is 3.80. The zero-order valence-electron chi connectivity index (χ0n) is 11.0. The highest BCUT2D eigenvalue weighted by Crippen LogP contribution is 2.23. The largest absolute Gasteiger partial charge is 0.491 e. The first-order valence-electron chi connectivity index (χ1n) is 6.65. The van der Waals surface area contributed by atoms with Gasteiger partial charge in [-0.15, -0.1) is 0 Å². The van der Waals surface area contributed by atoms with E-state index in [9.17, 15) is 17.6 Å². The first-order chi connectivity index (χ1) is 9.44. The highest BCUT2D eigenvalue weighted by atomic mass is 19.4. The van der Waals surface area contributed by atoms with Gasteiger partial charge < -0.3 is 10.1 Å². The molecule has 0 atom stereocenters. The SMILES string of the molecule is Fc1cc(CNC2CC2)ccc1OCCCC(F)(F)F. The number of alkyl halides is 3. The lowest BCUT2D eigenvalue weighted by Gasteiger charge is -2.10.